The Balaban J connectivity index is 1.40. The third-order valence-corrected chi connectivity index (χ3v) is 7.85. The molecule has 0 spiro atoms. The van der Waals surface area contributed by atoms with E-state index in [1.165, 1.54) is 34.9 Å². The van der Waals surface area contributed by atoms with Crippen LogP contribution in [0, 0.1) is 5.82 Å². The van der Waals surface area contributed by atoms with Crippen molar-refractivity contribution in [3.63, 3.8) is 0 Å². The van der Waals surface area contributed by atoms with Crippen LogP contribution in [0.2, 0.25) is 0 Å². The summed E-state index contributed by atoms with van der Waals surface area (Å²) in [7, 11) is -2.20. The van der Waals surface area contributed by atoms with Gasteiger partial charge in [-0.2, -0.15) is 4.31 Å². The number of carbonyl (C=O) groups excluding carboxylic acids is 1. The number of ether oxygens (including phenoxy) is 2. The molecule has 1 saturated heterocycles. The first-order chi connectivity index (χ1) is 15.9. The average molecular weight is 492 g/mol. The van der Waals surface area contributed by atoms with Gasteiger partial charge < -0.3 is 14.8 Å². The molecule has 2 aromatic carbocycles. The van der Waals surface area contributed by atoms with Crippen molar-refractivity contribution in [2.24, 2.45) is 0 Å². The fourth-order valence-electron chi connectivity index (χ4n) is 3.32. The Hall–Kier alpha value is -2.86. The van der Waals surface area contributed by atoms with Crippen molar-refractivity contribution in [3.05, 3.63) is 59.2 Å². The number of thiazole rings is 1. The third kappa shape index (κ3) is 5.22. The summed E-state index contributed by atoms with van der Waals surface area (Å²) in [5, 5.41) is 5.29. The molecular weight excluding hydrogens is 469 g/mol. The summed E-state index contributed by atoms with van der Waals surface area (Å²) in [5.74, 6) is -0.808. The first kappa shape index (κ1) is 23.3. The number of morpholine rings is 1. The van der Waals surface area contributed by atoms with E-state index in [9.17, 15) is 17.6 Å². The highest BCUT2D eigenvalue weighted by atomic mass is 32.2. The molecule has 1 aliphatic rings. The zero-order chi connectivity index (χ0) is 23.4. The van der Waals surface area contributed by atoms with Gasteiger partial charge in [-0.15, -0.1) is 11.3 Å². The fraction of sp³-hybridized carbons (Fsp3) is 0.273. The highest BCUT2D eigenvalue weighted by Gasteiger charge is 2.26. The van der Waals surface area contributed by atoms with Gasteiger partial charge in [-0.05, 0) is 30.3 Å². The number of nitrogens with one attached hydrogen (secondary N) is 1. The van der Waals surface area contributed by atoms with E-state index in [4.69, 9.17) is 9.47 Å². The van der Waals surface area contributed by atoms with E-state index in [-0.39, 0.29) is 28.5 Å². The number of rotatable bonds is 8. The second-order valence-corrected chi connectivity index (χ2v) is 10.0. The van der Waals surface area contributed by atoms with Crippen LogP contribution in [0.5, 0.6) is 5.75 Å². The third-order valence-electron chi connectivity index (χ3n) is 5.14. The van der Waals surface area contributed by atoms with Crippen molar-refractivity contribution in [3.8, 4) is 17.0 Å². The number of sulfonamides is 1. The molecule has 11 heteroatoms. The smallest absolute Gasteiger partial charge is 0.243 e. The fourth-order valence-corrected chi connectivity index (χ4v) is 5.45. The summed E-state index contributed by atoms with van der Waals surface area (Å²) in [5.41, 5.74) is 1.64. The summed E-state index contributed by atoms with van der Waals surface area (Å²) in [6, 6.07) is 10.6. The normalized spacial score (nSPS) is 14.7. The van der Waals surface area contributed by atoms with Gasteiger partial charge in [-0.25, -0.2) is 17.8 Å². The summed E-state index contributed by atoms with van der Waals surface area (Å²) in [4.78, 5) is 17.0. The monoisotopic (exact) mass is 491 g/mol. The minimum atomic E-state index is -3.56. The zero-order valence-corrected chi connectivity index (χ0v) is 19.4. The maximum absolute atomic E-state index is 13.8. The van der Waals surface area contributed by atoms with Gasteiger partial charge in [0, 0.05) is 29.6 Å². The van der Waals surface area contributed by atoms with Gasteiger partial charge >= 0.3 is 0 Å². The molecule has 8 nitrogen and oxygen atoms in total. The molecule has 3 aromatic rings. The van der Waals surface area contributed by atoms with E-state index < -0.39 is 15.8 Å². The van der Waals surface area contributed by atoms with Crippen LogP contribution in [0.25, 0.3) is 11.3 Å². The van der Waals surface area contributed by atoms with Crippen molar-refractivity contribution in [1.29, 1.82) is 0 Å². The number of methoxy groups -OCH3 is 1. The number of carbonyl (C=O) groups is 1. The molecule has 1 fully saturated rings. The molecule has 0 bridgehead atoms. The number of hydrogen-bond acceptors (Lipinski definition) is 8. The number of halogens is 1. The van der Waals surface area contributed by atoms with E-state index >= 15 is 0 Å². The molecule has 4 rings (SSSR count). The standard InChI is InChI=1S/C22H22FN3O5S2/c1-30-21-7-4-16(12-18(21)23)20(27)13-24-22-25-19(14-32-22)15-2-5-17(6-3-15)33(28,29)26-8-10-31-11-9-26/h2-7,12,14H,8-11,13H2,1H3,(H,24,25). The number of aromatic nitrogens is 1. The van der Waals surface area contributed by atoms with Gasteiger partial charge in [0.05, 0.1) is 37.5 Å². The molecule has 0 saturated carbocycles. The first-order valence-electron chi connectivity index (χ1n) is 10.1. The molecular formula is C22H22FN3O5S2. The number of Topliss-reactive ketones (excluding diaryl/α,β-unsaturated/α-hetero) is 1. The predicted octanol–water partition coefficient (Wildman–Crippen LogP) is 3.27. The van der Waals surface area contributed by atoms with Crippen LogP contribution in [0.15, 0.2) is 52.7 Å². The molecule has 0 unspecified atom stereocenters. The average Bonchev–Trinajstić information content (AvgIpc) is 3.32. The van der Waals surface area contributed by atoms with Crippen molar-refractivity contribution >= 4 is 32.3 Å². The molecule has 1 N–H and O–H groups in total. The Labute approximate surface area is 195 Å². The van der Waals surface area contributed by atoms with Crippen LogP contribution in [0.3, 0.4) is 0 Å². The Morgan fingerprint density at radius 1 is 1.21 bits per heavy atom. The summed E-state index contributed by atoms with van der Waals surface area (Å²) in [6.07, 6.45) is 0. The van der Waals surface area contributed by atoms with Crippen LogP contribution in [-0.2, 0) is 14.8 Å². The molecule has 1 aliphatic heterocycles. The minimum Gasteiger partial charge on any atom is -0.494 e. The van der Waals surface area contributed by atoms with Crippen LogP contribution >= 0.6 is 11.3 Å². The van der Waals surface area contributed by atoms with E-state index in [2.05, 4.69) is 10.3 Å². The lowest BCUT2D eigenvalue weighted by Gasteiger charge is -2.26. The lowest BCUT2D eigenvalue weighted by atomic mass is 10.1. The first-order valence-corrected chi connectivity index (χ1v) is 12.4. The summed E-state index contributed by atoms with van der Waals surface area (Å²) >= 11 is 1.31. The maximum Gasteiger partial charge on any atom is 0.243 e. The van der Waals surface area contributed by atoms with Gasteiger partial charge in [-0.3, -0.25) is 4.79 Å². The van der Waals surface area contributed by atoms with E-state index in [1.807, 2.05) is 5.38 Å². The lowest BCUT2D eigenvalue weighted by molar-refractivity contribution is 0.0730. The van der Waals surface area contributed by atoms with Crippen LogP contribution in [0.1, 0.15) is 10.4 Å². The maximum atomic E-state index is 13.8. The SMILES string of the molecule is COc1ccc(C(=O)CNc2nc(-c3ccc(S(=O)(=O)N4CCOCC4)cc3)cs2)cc1F. The van der Waals surface area contributed by atoms with Gasteiger partial charge in [-0.1, -0.05) is 12.1 Å². The predicted molar refractivity (Wildman–Crippen MR) is 123 cm³/mol. The van der Waals surface area contributed by atoms with E-state index in [1.54, 1.807) is 24.3 Å². The van der Waals surface area contributed by atoms with Gasteiger partial charge in [0.1, 0.15) is 0 Å². The number of nitrogens with zero attached hydrogens (tertiary/aromatic N) is 2. The largest absolute Gasteiger partial charge is 0.494 e. The Bertz CT molecular complexity index is 1240. The number of benzene rings is 2. The van der Waals surface area contributed by atoms with Crippen LogP contribution in [-0.4, -0.2) is 63.4 Å². The minimum absolute atomic E-state index is 0.0462. The molecule has 1 aromatic heterocycles. The molecule has 174 valence electrons. The van der Waals surface area contributed by atoms with Crippen LogP contribution < -0.4 is 10.1 Å². The summed E-state index contributed by atoms with van der Waals surface area (Å²) in [6.45, 7) is 1.42. The van der Waals surface area contributed by atoms with Gasteiger partial charge in [0.25, 0.3) is 0 Å². The quantitative estimate of drug-likeness (QED) is 0.483. The topological polar surface area (TPSA) is 97.8 Å². The number of anilines is 1. The molecule has 0 atom stereocenters. The van der Waals surface area contributed by atoms with Crippen LogP contribution in [0.4, 0.5) is 9.52 Å². The molecule has 0 aliphatic carbocycles. The lowest BCUT2D eigenvalue weighted by Crippen LogP contribution is -2.40. The van der Waals surface area contributed by atoms with Crippen molar-refractivity contribution in [1.82, 2.24) is 9.29 Å². The van der Waals surface area contributed by atoms with E-state index in [0.29, 0.717) is 37.1 Å². The highest BCUT2D eigenvalue weighted by Crippen LogP contribution is 2.27. The summed E-state index contributed by atoms with van der Waals surface area (Å²) < 4.78 is 50.8. The van der Waals surface area contributed by atoms with Gasteiger partial charge in [0.2, 0.25) is 10.0 Å². The molecule has 0 amide bonds. The second kappa shape index (κ2) is 9.96. The Morgan fingerprint density at radius 3 is 2.61 bits per heavy atom. The molecule has 33 heavy (non-hydrogen) atoms. The van der Waals surface area contributed by atoms with Crippen molar-refractivity contribution in [2.75, 3.05) is 45.3 Å². The van der Waals surface area contributed by atoms with E-state index in [0.717, 1.165) is 11.6 Å². The van der Waals surface area contributed by atoms with Crippen molar-refractivity contribution in [2.45, 2.75) is 4.90 Å². The van der Waals surface area contributed by atoms with Gasteiger partial charge in [0.15, 0.2) is 22.5 Å². The Morgan fingerprint density at radius 2 is 1.94 bits per heavy atom. The molecule has 2 heterocycles. The molecule has 0 radical (unpaired) electrons. The second-order valence-electron chi connectivity index (χ2n) is 7.20. The zero-order valence-electron chi connectivity index (χ0n) is 17.8. The number of hydrogen-bond donors (Lipinski definition) is 1. The Kier molecular flexibility index (Phi) is 7.03. The number of ketones is 1. The van der Waals surface area contributed by atoms with Crippen molar-refractivity contribution < 1.29 is 27.1 Å². The highest BCUT2D eigenvalue weighted by molar-refractivity contribution is 7.89.